The number of halogens is 1. The minimum atomic E-state index is -0.144. The number of rotatable bonds is 3. The molecule has 1 N–H and O–H groups in total. The zero-order chi connectivity index (χ0) is 13.8. The Bertz CT molecular complexity index is 594. The number of carbonyl (C=O) groups excluding carboxylic acids is 1. The highest BCUT2D eigenvalue weighted by Gasteiger charge is 2.09. The second-order valence-corrected chi connectivity index (χ2v) is 5.02. The van der Waals surface area contributed by atoms with Gasteiger partial charge in [0.15, 0.2) is 0 Å². The molecule has 0 spiro atoms. The predicted octanol–water partition coefficient (Wildman–Crippen LogP) is 4.02. The van der Waals surface area contributed by atoms with Crippen LogP contribution in [0.1, 0.15) is 15.9 Å². The Kier molecular flexibility index (Phi) is 4.22. The second kappa shape index (κ2) is 5.89. The molecule has 98 valence electrons. The van der Waals surface area contributed by atoms with Crippen LogP contribution in [0.2, 0.25) is 0 Å². The lowest BCUT2D eigenvalue weighted by atomic mass is 10.1. The molecule has 0 aliphatic heterocycles. The normalized spacial score (nSPS) is 10.1. The fourth-order valence-electron chi connectivity index (χ4n) is 1.63. The Labute approximate surface area is 120 Å². The van der Waals surface area contributed by atoms with Crippen molar-refractivity contribution in [3.63, 3.8) is 0 Å². The first-order chi connectivity index (χ1) is 9.10. The van der Waals surface area contributed by atoms with Crippen LogP contribution >= 0.6 is 15.9 Å². The predicted molar refractivity (Wildman–Crippen MR) is 79.8 cm³/mol. The van der Waals surface area contributed by atoms with Crippen LogP contribution in [0.3, 0.4) is 0 Å². The summed E-state index contributed by atoms with van der Waals surface area (Å²) >= 11 is 3.40. The average Bonchev–Trinajstić information content (AvgIpc) is 2.42. The third-order valence-corrected chi connectivity index (χ3v) is 3.43. The lowest BCUT2D eigenvalue weighted by Gasteiger charge is -2.09. The van der Waals surface area contributed by atoms with Crippen molar-refractivity contribution in [1.82, 2.24) is 0 Å². The van der Waals surface area contributed by atoms with Crippen LogP contribution in [0.15, 0.2) is 46.9 Å². The van der Waals surface area contributed by atoms with E-state index < -0.39 is 0 Å². The molecule has 0 aliphatic carbocycles. The number of nitrogens with one attached hydrogen (secondary N) is 1. The maximum Gasteiger partial charge on any atom is 0.255 e. The van der Waals surface area contributed by atoms with Gasteiger partial charge >= 0.3 is 0 Å². The van der Waals surface area contributed by atoms with E-state index in [1.54, 1.807) is 25.3 Å². The summed E-state index contributed by atoms with van der Waals surface area (Å²) in [6.07, 6.45) is 0. The van der Waals surface area contributed by atoms with Crippen molar-refractivity contribution >= 4 is 27.5 Å². The fraction of sp³-hybridized carbons (Fsp3) is 0.133. The van der Waals surface area contributed by atoms with E-state index in [1.165, 1.54) is 0 Å². The highest BCUT2D eigenvalue weighted by molar-refractivity contribution is 9.10. The fourth-order valence-corrected chi connectivity index (χ4v) is 1.97. The molecule has 2 aromatic carbocycles. The minimum absolute atomic E-state index is 0.144. The van der Waals surface area contributed by atoms with E-state index in [4.69, 9.17) is 4.74 Å². The van der Waals surface area contributed by atoms with Crippen molar-refractivity contribution in [3.05, 3.63) is 58.1 Å². The van der Waals surface area contributed by atoms with Crippen molar-refractivity contribution < 1.29 is 9.53 Å². The summed E-state index contributed by atoms with van der Waals surface area (Å²) in [6.45, 7) is 1.99. The first kappa shape index (κ1) is 13.6. The van der Waals surface area contributed by atoms with Crippen LogP contribution in [0.4, 0.5) is 5.69 Å². The average molecular weight is 320 g/mol. The molecule has 2 rings (SSSR count). The van der Waals surface area contributed by atoms with Gasteiger partial charge in [0.1, 0.15) is 5.75 Å². The molecule has 4 heteroatoms. The van der Waals surface area contributed by atoms with Crippen molar-refractivity contribution in [2.75, 3.05) is 12.4 Å². The number of ether oxygens (including phenoxy) is 1. The largest absolute Gasteiger partial charge is 0.497 e. The molecule has 0 aromatic heterocycles. The Morgan fingerprint density at radius 1 is 1.16 bits per heavy atom. The smallest absolute Gasteiger partial charge is 0.255 e. The minimum Gasteiger partial charge on any atom is -0.497 e. The zero-order valence-electron chi connectivity index (χ0n) is 10.7. The molecule has 0 unspecified atom stereocenters. The Hall–Kier alpha value is -1.81. The number of methoxy groups -OCH3 is 1. The van der Waals surface area contributed by atoms with Crippen LogP contribution in [0.25, 0.3) is 0 Å². The topological polar surface area (TPSA) is 38.3 Å². The van der Waals surface area contributed by atoms with Crippen LogP contribution < -0.4 is 10.1 Å². The summed E-state index contributed by atoms with van der Waals surface area (Å²) in [5.41, 5.74) is 2.43. The highest BCUT2D eigenvalue weighted by atomic mass is 79.9. The number of hydrogen-bond donors (Lipinski definition) is 1. The van der Waals surface area contributed by atoms with E-state index in [0.717, 1.165) is 10.0 Å². The molecule has 1 amide bonds. The second-order valence-electron chi connectivity index (χ2n) is 4.17. The van der Waals surface area contributed by atoms with E-state index >= 15 is 0 Å². The van der Waals surface area contributed by atoms with Crippen molar-refractivity contribution in [2.45, 2.75) is 6.92 Å². The molecule has 0 saturated carbocycles. The molecule has 19 heavy (non-hydrogen) atoms. The summed E-state index contributed by atoms with van der Waals surface area (Å²) in [6, 6.07) is 12.9. The number of amides is 1. The van der Waals surface area contributed by atoms with Gasteiger partial charge in [-0.1, -0.05) is 17.7 Å². The van der Waals surface area contributed by atoms with Gasteiger partial charge in [-0.05, 0) is 47.1 Å². The lowest BCUT2D eigenvalue weighted by Crippen LogP contribution is -2.12. The van der Waals surface area contributed by atoms with Gasteiger partial charge in [-0.3, -0.25) is 4.79 Å². The third kappa shape index (κ3) is 3.35. The molecular formula is C15H14BrNO2. The molecule has 0 bridgehead atoms. The van der Waals surface area contributed by atoms with Gasteiger partial charge in [0.05, 0.1) is 12.8 Å². The van der Waals surface area contributed by atoms with Gasteiger partial charge in [0, 0.05) is 16.1 Å². The SMILES string of the molecule is COc1ccc(Br)c(NC(=O)c2ccc(C)cc2)c1. The number of aryl methyl sites for hydroxylation is 1. The maximum absolute atomic E-state index is 12.1. The molecule has 0 saturated heterocycles. The molecule has 0 aliphatic rings. The van der Waals surface area contributed by atoms with Crippen LogP contribution in [-0.4, -0.2) is 13.0 Å². The van der Waals surface area contributed by atoms with E-state index in [0.29, 0.717) is 17.0 Å². The molecule has 3 nitrogen and oxygen atoms in total. The van der Waals surface area contributed by atoms with Crippen molar-refractivity contribution in [1.29, 1.82) is 0 Å². The first-order valence-corrected chi connectivity index (χ1v) is 6.61. The first-order valence-electron chi connectivity index (χ1n) is 5.81. The van der Waals surface area contributed by atoms with E-state index in [2.05, 4.69) is 21.2 Å². The summed E-state index contributed by atoms with van der Waals surface area (Å²) in [5.74, 6) is 0.552. The van der Waals surface area contributed by atoms with Gasteiger partial charge in [-0.2, -0.15) is 0 Å². The molecular weight excluding hydrogens is 306 g/mol. The lowest BCUT2D eigenvalue weighted by molar-refractivity contribution is 0.102. The van der Waals surface area contributed by atoms with E-state index in [9.17, 15) is 4.79 Å². The van der Waals surface area contributed by atoms with Crippen LogP contribution in [-0.2, 0) is 0 Å². The van der Waals surface area contributed by atoms with Crippen LogP contribution in [0, 0.1) is 6.92 Å². The van der Waals surface area contributed by atoms with E-state index in [1.807, 2.05) is 31.2 Å². The summed E-state index contributed by atoms with van der Waals surface area (Å²) in [7, 11) is 1.59. The third-order valence-electron chi connectivity index (χ3n) is 2.74. The molecule has 0 fully saturated rings. The number of anilines is 1. The number of benzene rings is 2. The summed E-state index contributed by atoms with van der Waals surface area (Å²) < 4.78 is 5.95. The molecule has 2 aromatic rings. The van der Waals surface area contributed by atoms with Gasteiger partial charge < -0.3 is 10.1 Å². The Morgan fingerprint density at radius 3 is 2.47 bits per heavy atom. The molecule has 0 radical (unpaired) electrons. The van der Waals surface area contributed by atoms with Gasteiger partial charge in [-0.15, -0.1) is 0 Å². The maximum atomic E-state index is 12.1. The monoisotopic (exact) mass is 319 g/mol. The van der Waals surface area contributed by atoms with Gasteiger partial charge in [0.25, 0.3) is 5.91 Å². The molecule has 0 atom stereocenters. The van der Waals surface area contributed by atoms with Gasteiger partial charge in [0.2, 0.25) is 0 Å². The molecule has 0 heterocycles. The van der Waals surface area contributed by atoms with E-state index in [-0.39, 0.29) is 5.91 Å². The van der Waals surface area contributed by atoms with Gasteiger partial charge in [-0.25, -0.2) is 0 Å². The number of hydrogen-bond acceptors (Lipinski definition) is 2. The van der Waals surface area contributed by atoms with Crippen LogP contribution in [0.5, 0.6) is 5.75 Å². The quantitative estimate of drug-likeness (QED) is 0.928. The number of carbonyl (C=O) groups is 1. The Balaban J connectivity index is 2.21. The Morgan fingerprint density at radius 2 is 1.84 bits per heavy atom. The zero-order valence-corrected chi connectivity index (χ0v) is 12.3. The summed E-state index contributed by atoms with van der Waals surface area (Å²) in [4.78, 5) is 12.1. The summed E-state index contributed by atoms with van der Waals surface area (Å²) in [5, 5.41) is 2.85. The highest BCUT2D eigenvalue weighted by Crippen LogP contribution is 2.27. The standard InChI is InChI=1S/C15H14BrNO2/c1-10-3-5-11(6-4-10)15(18)17-14-9-12(19-2)7-8-13(14)16/h3-9H,1-2H3,(H,17,18). The van der Waals surface area contributed by atoms with Crippen molar-refractivity contribution in [3.8, 4) is 5.75 Å². The van der Waals surface area contributed by atoms with Crippen molar-refractivity contribution in [2.24, 2.45) is 0 Å².